The predicted molar refractivity (Wildman–Crippen MR) is 49.4 cm³/mol. The fourth-order valence-corrected chi connectivity index (χ4v) is 3.06. The van der Waals surface area contributed by atoms with Crippen LogP contribution in [0.5, 0.6) is 0 Å². The van der Waals surface area contributed by atoms with Crippen LogP contribution in [-0.4, -0.2) is 30.0 Å². The molecule has 0 bridgehead atoms. The number of Topliss-reactive ketones (excluding diaryl/α,β-unsaturated/α-hetero) is 1. The smallest absolute Gasteiger partial charge is 0.165 e. The summed E-state index contributed by atoms with van der Waals surface area (Å²) in [4.78, 5) is 11.7. The maximum Gasteiger partial charge on any atom is 0.165 e. The summed E-state index contributed by atoms with van der Waals surface area (Å²) in [6, 6.07) is 0. The number of carbonyl (C=O) groups is 1. The summed E-state index contributed by atoms with van der Waals surface area (Å²) in [5.74, 6) is 2.86. The van der Waals surface area contributed by atoms with E-state index in [1.54, 1.807) is 0 Å². The van der Waals surface area contributed by atoms with Crippen molar-refractivity contribution < 1.29 is 9.53 Å². The fraction of sp³-hybridized carbons (Fsp3) is 0.889. The van der Waals surface area contributed by atoms with Gasteiger partial charge in [0.2, 0.25) is 0 Å². The van der Waals surface area contributed by atoms with Crippen LogP contribution in [0.4, 0.5) is 0 Å². The first kappa shape index (κ1) is 8.57. The van der Waals surface area contributed by atoms with E-state index in [1.807, 2.05) is 11.8 Å². The van der Waals surface area contributed by atoms with Crippen LogP contribution in [0.3, 0.4) is 0 Å². The summed E-state index contributed by atoms with van der Waals surface area (Å²) in [5.41, 5.74) is 0. The molecule has 0 amide bonds. The van der Waals surface area contributed by atoms with E-state index in [0.717, 1.165) is 37.4 Å². The van der Waals surface area contributed by atoms with E-state index in [4.69, 9.17) is 4.74 Å². The largest absolute Gasteiger partial charge is 0.370 e. The van der Waals surface area contributed by atoms with E-state index in [0.29, 0.717) is 11.7 Å². The number of hydrogen-bond acceptors (Lipinski definition) is 3. The molecule has 2 rings (SSSR count). The van der Waals surface area contributed by atoms with E-state index in [2.05, 4.69) is 0 Å². The highest BCUT2D eigenvalue weighted by atomic mass is 32.2. The minimum absolute atomic E-state index is 0.0475. The Balaban J connectivity index is 1.89. The zero-order valence-corrected chi connectivity index (χ0v) is 7.94. The minimum atomic E-state index is -0.0475. The first-order valence-corrected chi connectivity index (χ1v) is 5.76. The van der Waals surface area contributed by atoms with Crippen molar-refractivity contribution >= 4 is 17.5 Å². The van der Waals surface area contributed by atoms with Crippen molar-refractivity contribution in [2.75, 3.05) is 18.1 Å². The van der Waals surface area contributed by atoms with Crippen LogP contribution < -0.4 is 0 Å². The molecule has 0 N–H and O–H groups in total. The quantitative estimate of drug-likeness (QED) is 0.653. The molecule has 2 aliphatic heterocycles. The van der Waals surface area contributed by atoms with E-state index >= 15 is 0 Å². The zero-order chi connectivity index (χ0) is 8.39. The molecule has 0 aromatic carbocycles. The number of rotatable bonds is 2. The highest BCUT2D eigenvalue weighted by molar-refractivity contribution is 7.99. The first-order chi connectivity index (χ1) is 5.88. The van der Waals surface area contributed by atoms with Crippen LogP contribution in [-0.2, 0) is 9.53 Å². The molecule has 3 heteroatoms. The fourth-order valence-electron chi connectivity index (χ4n) is 1.82. The number of ketones is 1. The second kappa shape index (κ2) is 3.79. The first-order valence-electron chi connectivity index (χ1n) is 4.61. The van der Waals surface area contributed by atoms with Crippen molar-refractivity contribution in [1.29, 1.82) is 0 Å². The van der Waals surface area contributed by atoms with E-state index < -0.39 is 0 Å². The van der Waals surface area contributed by atoms with Gasteiger partial charge in [0, 0.05) is 18.3 Å². The molecule has 2 heterocycles. The second-order valence-corrected chi connectivity index (χ2v) is 4.61. The number of carbonyl (C=O) groups excluding carboxylic acids is 1. The minimum Gasteiger partial charge on any atom is -0.370 e. The van der Waals surface area contributed by atoms with Gasteiger partial charge in [-0.15, -0.1) is 0 Å². The monoisotopic (exact) mass is 186 g/mol. The summed E-state index contributed by atoms with van der Waals surface area (Å²) >= 11 is 1.89. The van der Waals surface area contributed by atoms with Crippen LogP contribution in [0.25, 0.3) is 0 Å². The molecule has 12 heavy (non-hydrogen) atoms. The molecule has 2 saturated heterocycles. The molecular weight excluding hydrogens is 172 g/mol. The lowest BCUT2D eigenvalue weighted by Crippen LogP contribution is -2.27. The van der Waals surface area contributed by atoms with Gasteiger partial charge in [-0.1, -0.05) is 0 Å². The molecule has 2 aliphatic rings. The summed E-state index contributed by atoms with van der Waals surface area (Å²) in [5, 5.41) is 0. The Bertz CT molecular complexity index is 151. The van der Waals surface area contributed by atoms with Crippen LogP contribution in [0.1, 0.15) is 19.3 Å². The Labute approximate surface area is 77.0 Å². The number of thioether (sulfide) groups is 1. The molecule has 0 aromatic heterocycles. The lowest BCUT2D eigenvalue weighted by atomic mass is 9.98. The maximum absolute atomic E-state index is 11.7. The highest BCUT2D eigenvalue weighted by Gasteiger charge is 2.31. The van der Waals surface area contributed by atoms with Crippen molar-refractivity contribution in [2.45, 2.75) is 25.4 Å². The third-order valence-electron chi connectivity index (χ3n) is 2.58. The molecule has 2 nitrogen and oxygen atoms in total. The van der Waals surface area contributed by atoms with Crippen molar-refractivity contribution in [2.24, 2.45) is 5.92 Å². The van der Waals surface area contributed by atoms with Gasteiger partial charge < -0.3 is 4.74 Å². The number of ether oxygens (including phenoxy) is 1. The summed E-state index contributed by atoms with van der Waals surface area (Å²) < 4.78 is 5.37. The van der Waals surface area contributed by atoms with Gasteiger partial charge in [0.1, 0.15) is 6.10 Å². The van der Waals surface area contributed by atoms with Crippen LogP contribution in [0.15, 0.2) is 0 Å². The van der Waals surface area contributed by atoms with Gasteiger partial charge in [-0.2, -0.15) is 11.8 Å². The number of hydrogen-bond donors (Lipinski definition) is 0. The van der Waals surface area contributed by atoms with Crippen molar-refractivity contribution in [1.82, 2.24) is 0 Å². The molecule has 0 radical (unpaired) electrons. The van der Waals surface area contributed by atoms with E-state index in [-0.39, 0.29) is 6.10 Å². The lowest BCUT2D eigenvalue weighted by Gasteiger charge is -2.12. The third-order valence-corrected chi connectivity index (χ3v) is 3.74. The van der Waals surface area contributed by atoms with Gasteiger partial charge in [0.25, 0.3) is 0 Å². The predicted octanol–water partition coefficient (Wildman–Crippen LogP) is 1.49. The standard InChI is InChI=1S/C9H14O2S/c10-9(7-3-5-12-6-7)8-2-1-4-11-8/h7-8H,1-6H2. The summed E-state index contributed by atoms with van der Waals surface area (Å²) in [6.07, 6.45) is 3.05. The molecule has 0 aliphatic carbocycles. The molecule has 2 atom stereocenters. The maximum atomic E-state index is 11.7. The lowest BCUT2D eigenvalue weighted by molar-refractivity contribution is -0.131. The molecule has 2 unspecified atom stereocenters. The zero-order valence-electron chi connectivity index (χ0n) is 7.12. The third kappa shape index (κ3) is 1.67. The van der Waals surface area contributed by atoms with E-state index in [9.17, 15) is 4.79 Å². The highest BCUT2D eigenvalue weighted by Crippen LogP contribution is 2.27. The topological polar surface area (TPSA) is 26.3 Å². The summed E-state index contributed by atoms with van der Waals surface area (Å²) in [7, 11) is 0. The van der Waals surface area contributed by atoms with Crippen molar-refractivity contribution in [3.05, 3.63) is 0 Å². The van der Waals surface area contributed by atoms with Gasteiger partial charge in [0.15, 0.2) is 5.78 Å². The Morgan fingerprint density at radius 3 is 2.92 bits per heavy atom. The van der Waals surface area contributed by atoms with E-state index in [1.165, 1.54) is 0 Å². The molecule has 2 fully saturated rings. The normalized spacial score (nSPS) is 35.7. The molecular formula is C9H14O2S. The van der Waals surface area contributed by atoms with Crippen molar-refractivity contribution in [3.8, 4) is 0 Å². The Kier molecular flexibility index (Phi) is 2.71. The molecule has 0 saturated carbocycles. The molecule has 68 valence electrons. The average Bonchev–Trinajstić information content (AvgIpc) is 2.77. The average molecular weight is 186 g/mol. The summed E-state index contributed by atoms with van der Waals surface area (Å²) in [6.45, 7) is 0.788. The Morgan fingerprint density at radius 2 is 2.33 bits per heavy atom. The SMILES string of the molecule is O=C(C1CCSC1)C1CCCO1. The van der Waals surface area contributed by atoms with Gasteiger partial charge in [-0.05, 0) is 25.0 Å². The van der Waals surface area contributed by atoms with Gasteiger partial charge in [0.05, 0.1) is 0 Å². The van der Waals surface area contributed by atoms with Crippen LogP contribution in [0.2, 0.25) is 0 Å². The second-order valence-electron chi connectivity index (χ2n) is 3.46. The Morgan fingerprint density at radius 1 is 1.42 bits per heavy atom. The van der Waals surface area contributed by atoms with Crippen LogP contribution in [0, 0.1) is 5.92 Å². The van der Waals surface area contributed by atoms with Gasteiger partial charge in [-0.3, -0.25) is 4.79 Å². The Hall–Kier alpha value is -0.0200. The van der Waals surface area contributed by atoms with Gasteiger partial charge >= 0.3 is 0 Å². The van der Waals surface area contributed by atoms with Crippen molar-refractivity contribution in [3.63, 3.8) is 0 Å². The molecule has 0 spiro atoms. The van der Waals surface area contributed by atoms with Crippen LogP contribution >= 0.6 is 11.8 Å². The molecule has 0 aromatic rings. The van der Waals surface area contributed by atoms with Gasteiger partial charge in [-0.25, -0.2) is 0 Å².